The lowest BCUT2D eigenvalue weighted by Crippen LogP contribution is -2.24. The first-order valence-electron chi connectivity index (χ1n) is 7.49. The van der Waals surface area contributed by atoms with Crippen molar-refractivity contribution >= 4 is 16.5 Å². The number of nitrogens with zero attached hydrogens (tertiary/aromatic N) is 2. The van der Waals surface area contributed by atoms with Gasteiger partial charge in [0.2, 0.25) is 0 Å². The molecule has 0 radical (unpaired) electrons. The first-order valence-corrected chi connectivity index (χ1v) is 8.31. The average molecular weight is 281 g/mol. The molecule has 1 aromatic rings. The molecule has 2 unspecified atom stereocenters. The molecular weight excluding hydrogens is 254 g/mol. The van der Waals surface area contributed by atoms with E-state index in [0.29, 0.717) is 6.04 Å². The van der Waals surface area contributed by atoms with Crippen LogP contribution in [-0.4, -0.2) is 25.1 Å². The Morgan fingerprint density at radius 2 is 2.11 bits per heavy atom. The molecule has 4 heteroatoms. The summed E-state index contributed by atoms with van der Waals surface area (Å²) in [5, 5.41) is 4.49. The number of nitrogens with one attached hydrogen (secondary N) is 1. The van der Waals surface area contributed by atoms with Crippen molar-refractivity contribution in [3.63, 3.8) is 0 Å². The van der Waals surface area contributed by atoms with Crippen LogP contribution in [0.15, 0.2) is 6.20 Å². The Bertz CT molecular complexity index is 388. The van der Waals surface area contributed by atoms with E-state index in [-0.39, 0.29) is 0 Å². The van der Waals surface area contributed by atoms with Crippen molar-refractivity contribution in [3.8, 4) is 0 Å². The summed E-state index contributed by atoms with van der Waals surface area (Å²) in [6.45, 7) is 9.25. The van der Waals surface area contributed by atoms with Crippen molar-refractivity contribution < 1.29 is 0 Å². The van der Waals surface area contributed by atoms with E-state index in [1.165, 1.54) is 42.4 Å². The second kappa shape index (κ2) is 6.71. The van der Waals surface area contributed by atoms with Crippen LogP contribution < -0.4 is 10.2 Å². The van der Waals surface area contributed by atoms with Gasteiger partial charge in [0.15, 0.2) is 5.13 Å². The zero-order valence-corrected chi connectivity index (χ0v) is 13.5. The van der Waals surface area contributed by atoms with Gasteiger partial charge in [-0.2, -0.15) is 0 Å². The van der Waals surface area contributed by atoms with Gasteiger partial charge >= 0.3 is 0 Å². The minimum Gasteiger partial charge on any atom is -0.348 e. The molecule has 0 aromatic carbocycles. The molecule has 0 saturated carbocycles. The van der Waals surface area contributed by atoms with Crippen molar-refractivity contribution in [1.29, 1.82) is 0 Å². The molecule has 2 heterocycles. The molecule has 108 valence electrons. The van der Waals surface area contributed by atoms with Gasteiger partial charge in [-0.15, -0.1) is 11.3 Å². The van der Waals surface area contributed by atoms with Crippen LogP contribution in [0.4, 0.5) is 5.13 Å². The Balaban J connectivity index is 2.00. The van der Waals surface area contributed by atoms with Crippen LogP contribution in [0.3, 0.4) is 0 Å². The van der Waals surface area contributed by atoms with Crippen LogP contribution >= 0.6 is 11.3 Å². The van der Waals surface area contributed by atoms with Crippen molar-refractivity contribution in [2.75, 3.05) is 25.0 Å². The summed E-state index contributed by atoms with van der Waals surface area (Å²) in [6, 6.07) is 0.404. The SMILES string of the molecule is CNC(C)c1cnc(N2CCCC(C(C)C)CC2)s1. The van der Waals surface area contributed by atoms with E-state index in [0.717, 1.165) is 11.8 Å². The lowest BCUT2D eigenvalue weighted by atomic mass is 9.89. The molecule has 0 amide bonds. The van der Waals surface area contributed by atoms with E-state index in [4.69, 9.17) is 0 Å². The minimum atomic E-state index is 0.404. The number of thiazole rings is 1. The molecule has 0 spiro atoms. The minimum absolute atomic E-state index is 0.404. The van der Waals surface area contributed by atoms with Gasteiger partial charge in [0, 0.05) is 30.2 Å². The molecule has 1 aliphatic rings. The van der Waals surface area contributed by atoms with Crippen LogP contribution in [0.1, 0.15) is 51.0 Å². The molecule has 19 heavy (non-hydrogen) atoms. The highest BCUT2D eigenvalue weighted by Gasteiger charge is 2.21. The number of anilines is 1. The monoisotopic (exact) mass is 281 g/mol. The molecule has 1 fully saturated rings. The Morgan fingerprint density at radius 3 is 2.79 bits per heavy atom. The number of hydrogen-bond acceptors (Lipinski definition) is 4. The van der Waals surface area contributed by atoms with Crippen molar-refractivity contribution in [1.82, 2.24) is 10.3 Å². The Hall–Kier alpha value is -0.610. The maximum atomic E-state index is 4.62. The molecule has 2 atom stereocenters. The van der Waals surface area contributed by atoms with Gasteiger partial charge < -0.3 is 10.2 Å². The van der Waals surface area contributed by atoms with Crippen LogP contribution in [-0.2, 0) is 0 Å². The van der Waals surface area contributed by atoms with Gasteiger partial charge in [0.25, 0.3) is 0 Å². The summed E-state index contributed by atoms with van der Waals surface area (Å²) < 4.78 is 0. The third kappa shape index (κ3) is 3.69. The normalized spacial score (nSPS) is 22.6. The fraction of sp³-hybridized carbons (Fsp3) is 0.800. The van der Waals surface area contributed by atoms with E-state index in [9.17, 15) is 0 Å². The highest BCUT2D eigenvalue weighted by atomic mass is 32.1. The van der Waals surface area contributed by atoms with E-state index in [1.807, 2.05) is 24.6 Å². The zero-order valence-electron chi connectivity index (χ0n) is 12.6. The lowest BCUT2D eigenvalue weighted by Gasteiger charge is -2.20. The van der Waals surface area contributed by atoms with Gasteiger partial charge in [0.1, 0.15) is 0 Å². The summed E-state index contributed by atoms with van der Waals surface area (Å²) in [7, 11) is 2.00. The molecule has 1 aromatic heterocycles. The van der Waals surface area contributed by atoms with Gasteiger partial charge in [-0.25, -0.2) is 4.98 Å². The van der Waals surface area contributed by atoms with Gasteiger partial charge in [-0.05, 0) is 45.1 Å². The molecule has 1 saturated heterocycles. The highest BCUT2D eigenvalue weighted by molar-refractivity contribution is 7.15. The third-order valence-electron chi connectivity index (χ3n) is 4.36. The van der Waals surface area contributed by atoms with Crippen LogP contribution in [0, 0.1) is 11.8 Å². The van der Waals surface area contributed by atoms with Gasteiger partial charge in [0.05, 0.1) is 0 Å². The van der Waals surface area contributed by atoms with Crippen LogP contribution in [0.2, 0.25) is 0 Å². The number of aromatic nitrogens is 1. The van der Waals surface area contributed by atoms with Gasteiger partial charge in [-0.3, -0.25) is 0 Å². The van der Waals surface area contributed by atoms with Crippen LogP contribution in [0.5, 0.6) is 0 Å². The predicted molar refractivity (Wildman–Crippen MR) is 84.0 cm³/mol. The molecule has 1 N–H and O–H groups in total. The fourth-order valence-corrected chi connectivity index (χ4v) is 3.77. The first kappa shape index (κ1) is 14.8. The second-order valence-corrected chi connectivity index (χ2v) is 7.02. The smallest absolute Gasteiger partial charge is 0.185 e. The number of rotatable bonds is 4. The van der Waals surface area contributed by atoms with Crippen molar-refractivity contribution in [3.05, 3.63) is 11.1 Å². The quantitative estimate of drug-likeness (QED) is 0.912. The Morgan fingerprint density at radius 1 is 1.32 bits per heavy atom. The Labute approximate surface area is 121 Å². The Kier molecular flexibility index (Phi) is 5.22. The highest BCUT2D eigenvalue weighted by Crippen LogP contribution is 2.31. The standard InChI is InChI=1S/C15H27N3S/c1-11(2)13-6-5-8-18(9-7-13)15-17-10-14(19-15)12(3)16-4/h10-13,16H,5-9H2,1-4H3. The summed E-state index contributed by atoms with van der Waals surface area (Å²) in [4.78, 5) is 8.45. The van der Waals surface area contributed by atoms with E-state index in [2.05, 4.69) is 36.0 Å². The lowest BCUT2D eigenvalue weighted by molar-refractivity contribution is 0.351. The maximum Gasteiger partial charge on any atom is 0.185 e. The predicted octanol–water partition coefficient (Wildman–Crippen LogP) is 3.69. The van der Waals surface area contributed by atoms with E-state index < -0.39 is 0 Å². The molecular formula is C15H27N3S. The average Bonchev–Trinajstić information content (AvgIpc) is 2.75. The summed E-state index contributed by atoms with van der Waals surface area (Å²) in [6.07, 6.45) is 6.03. The summed E-state index contributed by atoms with van der Waals surface area (Å²) in [5.41, 5.74) is 0. The van der Waals surface area contributed by atoms with E-state index in [1.54, 1.807) is 0 Å². The maximum absolute atomic E-state index is 4.62. The molecule has 1 aliphatic heterocycles. The molecule has 0 bridgehead atoms. The van der Waals surface area contributed by atoms with Gasteiger partial charge in [-0.1, -0.05) is 13.8 Å². The summed E-state index contributed by atoms with van der Waals surface area (Å²) >= 11 is 1.84. The topological polar surface area (TPSA) is 28.2 Å². The second-order valence-electron chi connectivity index (χ2n) is 5.98. The largest absolute Gasteiger partial charge is 0.348 e. The molecule has 0 aliphatic carbocycles. The third-order valence-corrected chi connectivity index (χ3v) is 5.60. The van der Waals surface area contributed by atoms with Crippen molar-refractivity contribution in [2.24, 2.45) is 11.8 Å². The molecule has 2 rings (SSSR count). The fourth-order valence-electron chi connectivity index (χ4n) is 2.75. The summed E-state index contributed by atoms with van der Waals surface area (Å²) in [5.74, 6) is 1.71. The van der Waals surface area contributed by atoms with E-state index >= 15 is 0 Å². The zero-order chi connectivity index (χ0) is 13.8. The van der Waals surface area contributed by atoms with Crippen molar-refractivity contribution in [2.45, 2.75) is 46.1 Å². The number of hydrogen-bond donors (Lipinski definition) is 1. The first-order chi connectivity index (χ1) is 9.11. The van der Waals surface area contributed by atoms with Crippen LogP contribution in [0.25, 0.3) is 0 Å². The molecule has 3 nitrogen and oxygen atoms in total.